The molecule has 0 atom stereocenters. The number of halogens is 4. The first-order chi connectivity index (χ1) is 12.1. The molecule has 0 aliphatic carbocycles. The summed E-state index contributed by atoms with van der Waals surface area (Å²) in [6.45, 7) is 8.97. The molecule has 0 saturated carbocycles. The van der Waals surface area contributed by atoms with Gasteiger partial charge in [0.25, 0.3) is 10.0 Å². The summed E-state index contributed by atoms with van der Waals surface area (Å²) >= 11 is 0. The fourth-order valence-corrected chi connectivity index (χ4v) is 3.77. The molecule has 1 heterocycles. The Morgan fingerprint density at radius 3 is 2.22 bits per heavy atom. The quantitative estimate of drug-likeness (QED) is 0.746. The summed E-state index contributed by atoms with van der Waals surface area (Å²) in [5.74, 6) is -1.48. The maximum absolute atomic E-state index is 13.4. The van der Waals surface area contributed by atoms with Crippen molar-refractivity contribution < 1.29 is 26.0 Å². The Balaban J connectivity index is 2.52. The predicted molar refractivity (Wildman–Crippen MR) is 93.5 cm³/mol. The molecule has 1 N–H and O–H groups in total. The summed E-state index contributed by atoms with van der Waals surface area (Å²) < 4.78 is 81.2. The van der Waals surface area contributed by atoms with Crippen LogP contribution in [0.25, 0.3) is 0 Å². The Morgan fingerprint density at radius 1 is 1.15 bits per heavy atom. The van der Waals surface area contributed by atoms with Crippen LogP contribution in [0, 0.1) is 5.82 Å². The summed E-state index contributed by atoms with van der Waals surface area (Å²) in [6, 6.07) is 1.82. The van der Waals surface area contributed by atoms with Gasteiger partial charge in [-0.1, -0.05) is 20.8 Å². The molecule has 150 valence electrons. The van der Waals surface area contributed by atoms with Crippen molar-refractivity contribution in [2.24, 2.45) is 0 Å². The van der Waals surface area contributed by atoms with Crippen LogP contribution in [0.5, 0.6) is 0 Å². The molecule has 10 heteroatoms. The molecule has 1 aromatic carbocycles. The van der Waals surface area contributed by atoms with Crippen LogP contribution in [0.3, 0.4) is 0 Å². The van der Waals surface area contributed by atoms with E-state index in [9.17, 15) is 26.0 Å². The third-order valence-electron chi connectivity index (χ3n) is 3.75. The maximum atomic E-state index is 13.4. The van der Waals surface area contributed by atoms with Gasteiger partial charge in [-0.3, -0.25) is 9.40 Å². The smallest absolute Gasteiger partial charge is 0.280 e. The first kappa shape index (κ1) is 21.2. The summed E-state index contributed by atoms with van der Waals surface area (Å²) in [7, 11) is -4.24. The van der Waals surface area contributed by atoms with Gasteiger partial charge in [-0.25, -0.2) is 12.8 Å². The Labute approximate surface area is 155 Å². The van der Waals surface area contributed by atoms with Gasteiger partial charge in [-0.15, -0.1) is 0 Å². The first-order valence-corrected chi connectivity index (χ1v) is 9.60. The van der Waals surface area contributed by atoms with E-state index in [4.69, 9.17) is 0 Å². The van der Waals surface area contributed by atoms with Gasteiger partial charge in [0, 0.05) is 23.3 Å². The third-order valence-corrected chi connectivity index (χ3v) is 5.13. The van der Waals surface area contributed by atoms with E-state index in [1.165, 1.54) is 10.9 Å². The Kier molecular flexibility index (Phi) is 5.35. The molecule has 0 fully saturated rings. The monoisotopic (exact) mass is 407 g/mol. The highest BCUT2D eigenvalue weighted by atomic mass is 32.2. The van der Waals surface area contributed by atoms with Crippen molar-refractivity contribution in [3.8, 4) is 0 Å². The van der Waals surface area contributed by atoms with Gasteiger partial charge in [0.1, 0.15) is 10.7 Å². The van der Waals surface area contributed by atoms with Crippen LogP contribution in [0.4, 0.5) is 23.2 Å². The minimum atomic E-state index is -4.94. The molecule has 0 aliphatic rings. The van der Waals surface area contributed by atoms with E-state index < -0.39 is 33.0 Å². The highest BCUT2D eigenvalue weighted by molar-refractivity contribution is 7.92. The van der Waals surface area contributed by atoms with Crippen molar-refractivity contribution in [3.63, 3.8) is 0 Å². The van der Waals surface area contributed by atoms with Crippen LogP contribution in [-0.2, 0) is 21.6 Å². The fourth-order valence-electron chi connectivity index (χ4n) is 2.37. The van der Waals surface area contributed by atoms with Crippen molar-refractivity contribution in [1.82, 2.24) is 9.78 Å². The summed E-state index contributed by atoms with van der Waals surface area (Å²) in [4.78, 5) is -0.137. The highest BCUT2D eigenvalue weighted by Crippen LogP contribution is 2.34. The molecule has 0 amide bonds. The molecule has 2 aromatic rings. The molecule has 2 rings (SSSR count). The van der Waals surface area contributed by atoms with Crippen molar-refractivity contribution in [2.45, 2.75) is 57.1 Å². The van der Waals surface area contributed by atoms with Gasteiger partial charge >= 0.3 is 6.18 Å². The summed E-state index contributed by atoms with van der Waals surface area (Å²) in [6.07, 6.45) is -3.60. The molecule has 0 aliphatic heterocycles. The van der Waals surface area contributed by atoms with Crippen molar-refractivity contribution in [3.05, 3.63) is 41.5 Å². The number of hydrogen-bond acceptors (Lipinski definition) is 3. The zero-order chi connectivity index (χ0) is 20.8. The number of nitrogens with one attached hydrogen (secondary N) is 1. The van der Waals surface area contributed by atoms with E-state index >= 15 is 0 Å². The lowest BCUT2D eigenvalue weighted by atomic mass is 9.92. The average Bonchev–Trinajstić information content (AvgIpc) is 2.94. The minimum Gasteiger partial charge on any atom is -0.280 e. The van der Waals surface area contributed by atoms with E-state index in [1.807, 2.05) is 13.8 Å². The van der Waals surface area contributed by atoms with Gasteiger partial charge in [0.15, 0.2) is 0 Å². The minimum absolute atomic E-state index is 0.113. The summed E-state index contributed by atoms with van der Waals surface area (Å²) in [5.41, 5.74) is -2.27. The third kappa shape index (κ3) is 4.60. The lowest BCUT2D eigenvalue weighted by Crippen LogP contribution is -2.21. The molecular weight excluding hydrogens is 386 g/mol. The number of nitrogens with zero attached hydrogens (tertiary/aromatic N) is 2. The molecular formula is C17H21F4N3O2S. The van der Waals surface area contributed by atoms with E-state index in [-0.39, 0.29) is 22.3 Å². The lowest BCUT2D eigenvalue weighted by molar-refractivity contribution is -0.139. The second kappa shape index (κ2) is 6.81. The van der Waals surface area contributed by atoms with Crippen LogP contribution in [0.2, 0.25) is 0 Å². The number of sulfonamides is 1. The van der Waals surface area contributed by atoms with Gasteiger partial charge in [0.05, 0.1) is 11.3 Å². The molecule has 5 nitrogen and oxygen atoms in total. The number of rotatable bonds is 4. The SMILES string of the molecule is CC(C)n1cc(S(=O)(=O)Nc2ccc(F)c(C(F)(F)F)c2)c(C(C)(C)C)n1. The van der Waals surface area contributed by atoms with E-state index in [0.29, 0.717) is 12.1 Å². The normalized spacial score (nSPS) is 13.3. The number of alkyl halides is 3. The van der Waals surface area contributed by atoms with Crippen molar-refractivity contribution >= 4 is 15.7 Å². The standard InChI is InChI=1S/C17H21F4N3O2S/c1-10(2)24-9-14(15(22-24)16(3,4)5)27(25,26)23-11-6-7-13(18)12(8-11)17(19,20)21/h6-10,23H,1-5H3. The zero-order valence-corrected chi connectivity index (χ0v) is 16.3. The topological polar surface area (TPSA) is 64.0 Å². The second-order valence-electron chi connectivity index (χ2n) is 7.46. The van der Waals surface area contributed by atoms with Gasteiger partial charge in [-0.05, 0) is 32.0 Å². The van der Waals surface area contributed by atoms with Crippen molar-refractivity contribution in [2.75, 3.05) is 4.72 Å². The molecule has 27 heavy (non-hydrogen) atoms. The largest absolute Gasteiger partial charge is 0.419 e. The van der Waals surface area contributed by atoms with E-state index in [1.54, 1.807) is 20.8 Å². The Hall–Kier alpha value is -2.10. The van der Waals surface area contributed by atoms with Crippen LogP contribution >= 0.6 is 0 Å². The number of benzene rings is 1. The van der Waals surface area contributed by atoms with Gasteiger partial charge in [0.2, 0.25) is 0 Å². The Morgan fingerprint density at radius 2 is 1.74 bits per heavy atom. The second-order valence-corrected chi connectivity index (χ2v) is 9.11. The van der Waals surface area contributed by atoms with Crippen LogP contribution in [-0.4, -0.2) is 18.2 Å². The van der Waals surface area contributed by atoms with Crippen LogP contribution in [0.1, 0.15) is 51.9 Å². The summed E-state index contributed by atoms with van der Waals surface area (Å²) in [5, 5.41) is 4.32. The zero-order valence-electron chi connectivity index (χ0n) is 15.5. The number of aromatic nitrogens is 2. The Bertz CT molecular complexity index is 942. The molecule has 0 bridgehead atoms. The van der Waals surface area contributed by atoms with Gasteiger partial charge in [-0.2, -0.15) is 18.3 Å². The number of hydrogen-bond donors (Lipinski definition) is 1. The average molecular weight is 407 g/mol. The van der Waals surface area contributed by atoms with Crippen LogP contribution < -0.4 is 4.72 Å². The molecule has 0 unspecified atom stereocenters. The molecule has 1 aromatic heterocycles. The molecule has 0 radical (unpaired) electrons. The van der Waals surface area contributed by atoms with E-state index in [2.05, 4.69) is 9.82 Å². The fraction of sp³-hybridized carbons (Fsp3) is 0.471. The van der Waals surface area contributed by atoms with Crippen molar-refractivity contribution in [1.29, 1.82) is 0 Å². The van der Waals surface area contributed by atoms with Gasteiger partial charge < -0.3 is 0 Å². The highest BCUT2D eigenvalue weighted by Gasteiger charge is 2.35. The molecule has 0 spiro atoms. The van der Waals surface area contributed by atoms with Crippen LogP contribution in [0.15, 0.2) is 29.3 Å². The number of anilines is 1. The predicted octanol–water partition coefficient (Wildman–Crippen LogP) is 4.72. The van der Waals surface area contributed by atoms with E-state index in [0.717, 1.165) is 6.07 Å². The lowest BCUT2D eigenvalue weighted by Gasteiger charge is -2.18. The molecule has 0 saturated heterocycles. The first-order valence-electron chi connectivity index (χ1n) is 8.12. The maximum Gasteiger partial charge on any atom is 0.419 e.